The van der Waals surface area contributed by atoms with Crippen molar-refractivity contribution in [1.29, 1.82) is 0 Å². The van der Waals surface area contributed by atoms with Gasteiger partial charge in [-0.15, -0.1) is 6.42 Å². The Morgan fingerprint density at radius 3 is 2.07 bits per heavy atom. The lowest BCUT2D eigenvalue weighted by Crippen LogP contribution is -2.18. The van der Waals surface area contributed by atoms with E-state index in [1.165, 1.54) is 12.1 Å². The maximum atomic E-state index is 13.4. The van der Waals surface area contributed by atoms with Crippen molar-refractivity contribution in [2.24, 2.45) is 0 Å². The highest BCUT2D eigenvalue weighted by Crippen LogP contribution is 2.29. The zero-order valence-corrected chi connectivity index (χ0v) is 9.45. The minimum absolute atomic E-state index is 0.0665. The van der Waals surface area contributed by atoms with E-state index in [1.54, 1.807) is 13.8 Å². The molecule has 0 aliphatic heterocycles. The van der Waals surface area contributed by atoms with Crippen LogP contribution in [0.25, 0.3) is 0 Å². The number of halogens is 3. The Morgan fingerprint density at radius 1 is 1.29 bits per heavy atom. The summed E-state index contributed by atoms with van der Waals surface area (Å²) in [7, 11) is 0. The van der Waals surface area contributed by atoms with Crippen LogP contribution in [0.2, 0.25) is 0 Å². The van der Waals surface area contributed by atoms with Crippen LogP contribution >= 0.6 is 15.9 Å². The number of rotatable bonds is 1. The molecule has 0 atom stereocenters. The van der Waals surface area contributed by atoms with E-state index in [9.17, 15) is 8.78 Å². The molecule has 1 aromatic rings. The molecule has 0 aliphatic rings. The smallest absolute Gasteiger partial charge is 0.131 e. The molecule has 0 saturated carbocycles. The predicted molar refractivity (Wildman–Crippen MR) is 55.9 cm³/mol. The molecule has 0 aromatic heterocycles. The average molecular weight is 259 g/mol. The van der Waals surface area contributed by atoms with Crippen LogP contribution in [0.15, 0.2) is 16.6 Å². The summed E-state index contributed by atoms with van der Waals surface area (Å²) in [6.07, 6.45) is 5.22. The van der Waals surface area contributed by atoms with Gasteiger partial charge in [0.15, 0.2) is 0 Å². The standard InChI is InChI=1S/C11H9BrF2/c1-4-11(2,3)10-8(13)5-7(12)6-9(10)14/h1,5-6H,2-3H3. The summed E-state index contributed by atoms with van der Waals surface area (Å²) in [6, 6.07) is 2.41. The molecule has 0 bridgehead atoms. The van der Waals surface area contributed by atoms with Gasteiger partial charge in [-0.25, -0.2) is 8.78 Å². The molecule has 0 unspecified atom stereocenters. The van der Waals surface area contributed by atoms with Crippen molar-refractivity contribution in [2.75, 3.05) is 0 Å². The van der Waals surface area contributed by atoms with Crippen molar-refractivity contribution in [1.82, 2.24) is 0 Å². The molecule has 74 valence electrons. The molecule has 0 aliphatic carbocycles. The minimum Gasteiger partial charge on any atom is -0.206 e. The normalized spacial score (nSPS) is 11.1. The molecule has 0 N–H and O–H groups in total. The van der Waals surface area contributed by atoms with Crippen LogP contribution in [0.5, 0.6) is 0 Å². The number of benzene rings is 1. The fraction of sp³-hybridized carbons (Fsp3) is 0.273. The Morgan fingerprint density at radius 2 is 1.71 bits per heavy atom. The van der Waals surface area contributed by atoms with E-state index >= 15 is 0 Å². The Bertz CT molecular complexity index is 379. The van der Waals surface area contributed by atoms with Crippen LogP contribution in [-0.4, -0.2) is 0 Å². The van der Waals surface area contributed by atoms with E-state index in [0.29, 0.717) is 4.47 Å². The summed E-state index contributed by atoms with van der Waals surface area (Å²) in [6.45, 7) is 3.20. The molecule has 0 saturated heterocycles. The van der Waals surface area contributed by atoms with E-state index in [4.69, 9.17) is 6.42 Å². The molecule has 3 heteroatoms. The first-order chi connectivity index (χ1) is 6.38. The van der Waals surface area contributed by atoms with Gasteiger partial charge in [0.05, 0.1) is 5.41 Å². The SMILES string of the molecule is C#CC(C)(C)c1c(F)cc(Br)cc1F. The third-order valence-electron chi connectivity index (χ3n) is 1.99. The molecule has 0 nitrogen and oxygen atoms in total. The monoisotopic (exact) mass is 258 g/mol. The van der Waals surface area contributed by atoms with Gasteiger partial charge in [-0.3, -0.25) is 0 Å². The number of hydrogen-bond acceptors (Lipinski definition) is 0. The number of hydrogen-bond donors (Lipinski definition) is 0. The molecular weight excluding hydrogens is 250 g/mol. The van der Waals surface area contributed by atoms with E-state index in [0.717, 1.165) is 0 Å². The van der Waals surface area contributed by atoms with E-state index < -0.39 is 17.0 Å². The zero-order valence-electron chi connectivity index (χ0n) is 7.87. The van der Waals surface area contributed by atoms with E-state index in [1.807, 2.05) is 0 Å². The van der Waals surface area contributed by atoms with Crippen LogP contribution < -0.4 is 0 Å². The maximum Gasteiger partial charge on any atom is 0.131 e. The highest BCUT2D eigenvalue weighted by Gasteiger charge is 2.25. The van der Waals surface area contributed by atoms with Crippen LogP contribution in [0.1, 0.15) is 19.4 Å². The van der Waals surface area contributed by atoms with Crippen molar-refractivity contribution >= 4 is 15.9 Å². The minimum atomic E-state index is -0.936. The van der Waals surface area contributed by atoms with E-state index in [-0.39, 0.29) is 5.56 Å². The van der Waals surface area contributed by atoms with Gasteiger partial charge < -0.3 is 0 Å². The van der Waals surface area contributed by atoms with Gasteiger partial charge >= 0.3 is 0 Å². The van der Waals surface area contributed by atoms with Gasteiger partial charge in [-0.05, 0) is 26.0 Å². The van der Waals surface area contributed by atoms with Crippen molar-refractivity contribution in [2.45, 2.75) is 19.3 Å². The van der Waals surface area contributed by atoms with Gasteiger partial charge in [0, 0.05) is 10.0 Å². The highest BCUT2D eigenvalue weighted by molar-refractivity contribution is 9.10. The van der Waals surface area contributed by atoms with Crippen LogP contribution in [0.3, 0.4) is 0 Å². The van der Waals surface area contributed by atoms with Gasteiger partial charge in [0.2, 0.25) is 0 Å². The lowest BCUT2D eigenvalue weighted by molar-refractivity contribution is 0.510. The summed E-state index contributed by atoms with van der Waals surface area (Å²) < 4.78 is 27.2. The number of terminal acetylenes is 1. The summed E-state index contributed by atoms with van der Waals surface area (Å²) >= 11 is 3.00. The summed E-state index contributed by atoms with van der Waals surface area (Å²) in [5, 5.41) is 0. The van der Waals surface area contributed by atoms with Gasteiger partial charge in [-0.2, -0.15) is 0 Å². The molecule has 1 rings (SSSR count). The molecule has 0 amide bonds. The lowest BCUT2D eigenvalue weighted by atomic mass is 9.85. The molecule has 0 spiro atoms. The van der Waals surface area contributed by atoms with Crippen molar-refractivity contribution < 1.29 is 8.78 Å². The third kappa shape index (κ3) is 1.96. The van der Waals surface area contributed by atoms with Crippen LogP contribution in [0.4, 0.5) is 8.78 Å². The quantitative estimate of drug-likeness (QED) is 0.675. The topological polar surface area (TPSA) is 0 Å². The van der Waals surface area contributed by atoms with Crippen LogP contribution in [-0.2, 0) is 5.41 Å². The Labute approximate surface area is 90.5 Å². The van der Waals surface area contributed by atoms with Crippen molar-refractivity contribution in [3.8, 4) is 12.3 Å². The Hall–Kier alpha value is -0.880. The Kier molecular flexibility index (Phi) is 2.96. The average Bonchev–Trinajstić information content (AvgIpc) is 2.01. The first kappa shape index (κ1) is 11.2. The predicted octanol–water partition coefficient (Wildman–Crippen LogP) is 3.64. The molecule has 0 heterocycles. The maximum absolute atomic E-state index is 13.4. The third-order valence-corrected chi connectivity index (χ3v) is 2.45. The molecule has 14 heavy (non-hydrogen) atoms. The highest BCUT2D eigenvalue weighted by atomic mass is 79.9. The fourth-order valence-electron chi connectivity index (χ4n) is 1.21. The van der Waals surface area contributed by atoms with Gasteiger partial charge in [-0.1, -0.05) is 21.9 Å². The molecule has 0 fully saturated rings. The fourth-order valence-corrected chi connectivity index (χ4v) is 1.61. The lowest BCUT2D eigenvalue weighted by Gasteiger charge is -2.19. The largest absolute Gasteiger partial charge is 0.206 e. The first-order valence-electron chi connectivity index (χ1n) is 4.01. The Balaban J connectivity index is 3.44. The summed E-state index contributed by atoms with van der Waals surface area (Å²) in [4.78, 5) is 0. The molecular formula is C11H9BrF2. The van der Waals surface area contributed by atoms with Crippen LogP contribution in [0, 0.1) is 24.0 Å². The molecule has 1 aromatic carbocycles. The van der Waals surface area contributed by atoms with E-state index in [2.05, 4.69) is 21.9 Å². The van der Waals surface area contributed by atoms with Gasteiger partial charge in [0.25, 0.3) is 0 Å². The second-order valence-corrected chi connectivity index (χ2v) is 4.43. The second kappa shape index (κ2) is 3.70. The molecule has 0 radical (unpaired) electrons. The summed E-state index contributed by atoms with van der Waals surface area (Å²) in [5.74, 6) is 1.11. The summed E-state index contributed by atoms with van der Waals surface area (Å²) in [5.41, 5.74) is -1.00. The zero-order chi connectivity index (χ0) is 10.9. The first-order valence-corrected chi connectivity index (χ1v) is 4.80. The van der Waals surface area contributed by atoms with Crippen molar-refractivity contribution in [3.63, 3.8) is 0 Å². The van der Waals surface area contributed by atoms with Crippen molar-refractivity contribution in [3.05, 3.63) is 33.8 Å². The second-order valence-electron chi connectivity index (χ2n) is 3.51. The van der Waals surface area contributed by atoms with Gasteiger partial charge in [0.1, 0.15) is 11.6 Å².